The van der Waals surface area contributed by atoms with E-state index in [2.05, 4.69) is 0 Å². The maximum Gasteiger partial charge on any atom is 0.303 e. The van der Waals surface area contributed by atoms with Crippen molar-refractivity contribution in [2.75, 3.05) is 13.2 Å². The summed E-state index contributed by atoms with van der Waals surface area (Å²) in [5.74, 6) is 0.248. The first-order chi connectivity index (χ1) is 9.90. The number of rotatable bonds is 8. The Bertz CT molecular complexity index is 502. The van der Waals surface area contributed by atoms with Crippen molar-refractivity contribution in [1.29, 1.82) is 0 Å². The van der Waals surface area contributed by atoms with E-state index in [9.17, 15) is 4.79 Å². The predicted molar refractivity (Wildman–Crippen MR) is 83.8 cm³/mol. The molecule has 1 aromatic carbocycles. The van der Waals surface area contributed by atoms with Gasteiger partial charge in [-0.3, -0.25) is 4.79 Å². The van der Waals surface area contributed by atoms with Gasteiger partial charge in [-0.25, -0.2) is 0 Å². The average Bonchev–Trinajstić information content (AvgIpc) is 2.36. The first-order valence-corrected chi connectivity index (χ1v) is 7.32. The Morgan fingerprint density at radius 2 is 2.05 bits per heavy atom. The molecule has 0 amide bonds. The van der Waals surface area contributed by atoms with Gasteiger partial charge in [0.15, 0.2) is 0 Å². The molecule has 0 heterocycles. The highest BCUT2D eigenvalue weighted by atomic mass is 35.5. The van der Waals surface area contributed by atoms with Crippen LogP contribution in [0.3, 0.4) is 0 Å². The van der Waals surface area contributed by atoms with Crippen LogP contribution < -0.4 is 9.47 Å². The van der Waals surface area contributed by atoms with E-state index in [1.807, 2.05) is 6.92 Å². The van der Waals surface area contributed by atoms with Crippen LogP contribution in [0.15, 0.2) is 22.7 Å². The van der Waals surface area contributed by atoms with Gasteiger partial charge in [0.2, 0.25) is 0 Å². The van der Waals surface area contributed by atoms with E-state index in [-0.39, 0.29) is 24.1 Å². The fourth-order valence-electron chi connectivity index (χ4n) is 1.56. The number of aryl methyl sites for hydroxylation is 1. The summed E-state index contributed by atoms with van der Waals surface area (Å²) in [5.41, 5.74) is 0.800. The highest BCUT2D eigenvalue weighted by Crippen LogP contribution is 2.33. The van der Waals surface area contributed by atoms with Crippen molar-refractivity contribution in [2.45, 2.75) is 19.8 Å². The van der Waals surface area contributed by atoms with Crippen LogP contribution in [0.5, 0.6) is 11.5 Å². The zero-order chi connectivity index (χ0) is 15.8. The van der Waals surface area contributed by atoms with Gasteiger partial charge in [-0.2, -0.15) is 0 Å². The molecule has 7 heteroatoms. The fraction of sp³-hybridized carbons (Fsp3) is 0.357. The normalized spacial score (nSPS) is 10.1. The standard InChI is InChI=1S/C14H15Cl3O4/c1-9-7-10(20-6-4-12(16)17)8-11(15)14(9)21-5-2-3-13(18)19/h4,7-8H,2-3,5-6H2,1H3,(H,18,19). The molecule has 0 bridgehead atoms. The van der Waals surface area contributed by atoms with E-state index in [0.29, 0.717) is 22.9 Å². The van der Waals surface area contributed by atoms with Gasteiger partial charge in [0.1, 0.15) is 22.6 Å². The van der Waals surface area contributed by atoms with Gasteiger partial charge in [0.05, 0.1) is 11.6 Å². The average molecular weight is 354 g/mol. The number of halogens is 3. The SMILES string of the molecule is Cc1cc(OCC=C(Cl)Cl)cc(Cl)c1OCCCC(=O)O. The molecule has 1 rings (SSSR count). The van der Waals surface area contributed by atoms with Gasteiger partial charge in [-0.15, -0.1) is 0 Å². The summed E-state index contributed by atoms with van der Waals surface area (Å²) in [7, 11) is 0. The lowest BCUT2D eigenvalue weighted by Crippen LogP contribution is -2.03. The number of hydrogen-bond donors (Lipinski definition) is 1. The zero-order valence-corrected chi connectivity index (χ0v) is 13.6. The van der Waals surface area contributed by atoms with Crippen LogP contribution >= 0.6 is 34.8 Å². The molecule has 116 valence electrons. The number of ether oxygens (including phenoxy) is 2. The van der Waals surface area contributed by atoms with Crippen molar-refractivity contribution in [3.8, 4) is 11.5 Å². The van der Waals surface area contributed by atoms with Crippen molar-refractivity contribution >= 4 is 40.8 Å². The largest absolute Gasteiger partial charge is 0.492 e. The van der Waals surface area contributed by atoms with Crippen LogP contribution in [0, 0.1) is 6.92 Å². The molecule has 0 aromatic heterocycles. The van der Waals surface area contributed by atoms with Crippen LogP contribution in [0.25, 0.3) is 0 Å². The van der Waals surface area contributed by atoms with Gasteiger partial charge in [0.25, 0.3) is 0 Å². The molecule has 1 aromatic rings. The summed E-state index contributed by atoms with van der Waals surface area (Å²) in [4.78, 5) is 10.4. The molecular formula is C14H15Cl3O4. The van der Waals surface area contributed by atoms with Crippen LogP contribution in [0.4, 0.5) is 0 Å². The van der Waals surface area contributed by atoms with E-state index in [1.54, 1.807) is 12.1 Å². The van der Waals surface area contributed by atoms with Gasteiger partial charge < -0.3 is 14.6 Å². The second-order valence-corrected chi connectivity index (χ2v) is 5.62. The highest BCUT2D eigenvalue weighted by Gasteiger charge is 2.09. The highest BCUT2D eigenvalue weighted by molar-refractivity contribution is 6.55. The van der Waals surface area contributed by atoms with Crippen LogP contribution in [0.1, 0.15) is 18.4 Å². The van der Waals surface area contributed by atoms with E-state index in [0.717, 1.165) is 5.56 Å². The van der Waals surface area contributed by atoms with Gasteiger partial charge in [-0.05, 0) is 31.1 Å². The smallest absolute Gasteiger partial charge is 0.303 e. The summed E-state index contributed by atoms with van der Waals surface area (Å²) < 4.78 is 11.1. The Kier molecular flexibility index (Phi) is 7.72. The maximum atomic E-state index is 10.4. The second kappa shape index (κ2) is 9.03. The first-order valence-electron chi connectivity index (χ1n) is 6.19. The number of carbonyl (C=O) groups is 1. The molecule has 0 atom stereocenters. The fourth-order valence-corrected chi connectivity index (χ4v) is 2.00. The van der Waals surface area contributed by atoms with Crippen LogP contribution in [-0.4, -0.2) is 24.3 Å². The van der Waals surface area contributed by atoms with E-state index in [4.69, 9.17) is 49.4 Å². The summed E-state index contributed by atoms with van der Waals surface area (Å²) in [6.07, 6.45) is 1.99. The molecule has 0 radical (unpaired) electrons. The van der Waals surface area contributed by atoms with Gasteiger partial charge in [-0.1, -0.05) is 34.8 Å². The molecule has 0 aliphatic rings. The lowest BCUT2D eigenvalue weighted by molar-refractivity contribution is -0.137. The van der Waals surface area contributed by atoms with Crippen molar-refractivity contribution in [3.05, 3.63) is 33.3 Å². The quantitative estimate of drug-likeness (QED) is 0.694. The lowest BCUT2D eigenvalue weighted by atomic mass is 10.2. The molecule has 0 saturated heterocycles. The first kappa shape index (κ1) is 18.0. The minimum atomic E-state index is -0.851. The summed E-state index contributed by atoms with van der Waals surface area (Å²) in [5, 5.41) is 8.96. The van der Waals surface area contributed by atoms with E-state index in [1.165, 1.54) is 6.08 Å². The molecule has 0 aliphatic heterocycles. The zero-order valence-electron chi connectivity index (χ0n) is 11.4. The third-order valence-electron chi connectivity index (χ3n) is 2.47. The summed E-state index contributed by atoms with van der Waals surface area (Å²) >= 11 is 17.1. The maximum absolute atomic E-state index is 10.4. The Morgan fingerprint density at radius 3 is 2.62 bits per heavy atom. The summed E-state index contributed by atoms with van der Waals surface area (Å²) in [6.45, 7) is 2.35. The van der Waals surface area contributed by atoms with Crippen LogP contribution in [-0.2, 0) is 4.79 Å². The minimum absolute atomic E-state index is 0.0589. The number of carboxylic acids is 1. The van der Waals surface area contributed by atoms with Crippen molar-refractivity contribution in [1.82, 2.24) is 0 Å². The molecule has 0 saturated carbocycles. The number of hydrogen-bond acceptors (Lipinski definition) is 3. The topological polar surface area (TPSA) is 55.8 Å². The molecule has 4 nitrogen and oxygen atoms in total. The number of carboxylic acid groups (broad SMARTS) is 1. The Balaban J connectivity index is 2.62. The van der Waals surface area contributed by atoms with Crippen molar-refractivity contribution < 1.29 is 19.4 Å². The van der Waals surface area contributed by atoms with Crippen molar-refractivity contribution in [3.63, 3.8) is 0 Å². The third kappa shape index (κ3) is 6.93. The van der Waals surface area contributed by atoms with E-state index >= 15 is 0 Å². The molecule has 0 spiro atoms. The number of aliphatic carboxylic acids is 1. The monoisotopic (exact) mass is 352 g/mol. The lowest BCUT2D eigenvalue weighted by Gasteiger charge is -2.13. The Labute approximate surface area is 138 Å². The Hall–Kier alpha value is -1.10. The van der Waals surface area contributed by atoms with Crippen molar-refractivity contribution in [2.24, 2.45) is 0 Å². The predicted octanol–water partition coefficient (Wildman–Crippen LogP) is 4.59. The third-order valence-corrected chi connectivity index (χ3v) is 3.06. The minimum Gasteiger partial charge on any atom is -0.492 e. The van der Waals surface area contributed by atoms with Gasteiger partial charge in [0, 0.05) is 12.5 Å². The Morgan fingerprint density at radius 1 is 1.33 bits per heavy atom. The molecular weight excluding hydrogens is 339 g/mol. The van der Waals surface area contributed by atoms with E-state index < -0.39 is 5.97 Å². The number of benzene rings is 1. The summed E-state index contributed by atoms with van der Waals surface area (Å²) in [6, 6.07) is 3.39. The molecule has 1 N–H and O–H groups in total. The second-order valence-electron chi connectivity index (χ2n) is 4.20. The molecule has 21 heavy (non-hydrogen) atoms. The molecule has 0 aliphatic carbocycles. The molecule has 0 unspecified atom stereocenters. The van der Waals surface area contributed by atoms with Gasteiger partial charge >= 0.3 is 5.97 Å². The molecule has 0 fully saturated rings. The van der Waals surface area contributed by atoms with Crippen LogP contribution in [0.2, 0.25) is 5.02 Å².